The number of hydrogen-bond donors (Lipinski definition) is 2. The number of likely N-dealkylation sites (tertiary alicyclic amines) is 1. The number of piperidine rings is 1. The quantitative estimate of drug-likeness (QED) is 0.594. The minimum absolute atomic E-state index is 0.157. The fourth-order valence-corrected chi connectivity index (χ4v) is 3.22. The summed E-state index contributed by atoms with van der Waals surface area (Å²) in [6.45, 7) is 7.92. The molecule has 5 nitrogen and oxygen atoms in total. The van der Waals surface area contributed by atoms with Crippen LogP contribution in [-0.2, 0) is 4.74 Å². The maximum atomic E-state index is 6.05. The summed E-state index contributed by atoms with van der Waals surface area (Å²) in [5.74, 6) is 1.31. The third-order valence-corrected chi connectivity index (χ3v) is 4.69. The molecule has 0 radical (unpaired) electrons. The predicted octanol–water partition coefficient (Wildman–Crippen LogP) is 2.40. The van der Waals surface area contributed by atoms with Crippen LogP contribution >= 0.6 is 0 Å². The predicted molar refractivity (Wildman–Crippen MR) is 100 cm³/mol. The largest absolute Gasteiger partial charge is 0.383 e. The van der Waals surface area contributed by atoms with Gasteiger partial charge < -0.3 is 15.8 Å². The van der Waals surface area contributed by atoms with E-state index in [1.807, 2.05) is 6.92 Å². The third-order valence-electron chi connectivity index (χ3n) is 4.69. The molecule has 1 aliphatic rings. The van der Waals surface area contributed by atoms with Gasteiger partial charge in [-0.3, -0.25) is 9.89 Å². The van der Waals surface area contributed by atoms with Crippen LogP contribution in [0.15, 0.2) is 35.3 Å². The summed E-state index contributed by atoms with van der Waals surface area (Å²) in [5.41, 5.74) is 7.36. The Morgan fingerprint density at radius 3 is 2.62 bits per heavy atom. The lowest BCUT2D eigenvalue weighted by Gasteiger charge is -2.36. The van der Waals surface area contributed by atoms with Gasteiger partial charge >= 0.3 is 0 Å². The zero-order valence-corrected chi connectivity index (χ0v) is 15.2. The number of nitrogens with one attached hydrogen (secondary N) is 1. The fourth-order valence-electron chi connectivity index (χ4n) is 3.22. The molecule has 5 heteroatoms. The summed E-state index contributed by atoms with van der Waals surface area (Å²) in [7, 11) is 1.69. The van der Waals surface area contributed by atoms with E-state index in [4.69, 9.17) is 10.5 Å². The lowest BCUT2D eigenvalue weighted by Crippen LogP contribution is -2.42. The van der Waals surface area contributed by atoms with E-state index in [9.17, 15) is 0 Å². The van der Waals surface area contributed by atoms with Crippen molar-refractivity contribution in [2.24, 2.45) is 16.6 Å². The van der Waals surface area contributed by atoms with Gasteiger partial charge in [-0.1, -0.05) is 37.3 Å². The lowest BCUT2D eigenvalue weighted by atomic mass is 9.96. The second-order valence-corrected chi connectivity index (χ2v) is 6.87. The maximum absolute atomic E-state index is 6.05. The maximum Gasteiger partial charge on any atom is 0.188 e. The molecular weight excluding hydrogens is 300 g/mol. The first-order chi connectivity index (χ1) is 11.6. The number of nitrogens with zero attached hydrogens (tertiary/aromatic N) is 2. The number of rotatable bonds is 7. The zero-order valence-electron chi connectivity index (χ0n) is 15.2. The number of ether oxygens (including phenoxy) is 1. The molecule has 0 bridgehead atoms. The van der Waals surface area contributed by atoms with E-state index in [-0.39, 0.29) is 12.1 Å². The number of methoxy groups -OCH3 is 1. The van der Waals surface area contributed by atoms with Crippen molar-refractivity contribution in [3.05, 3.63) is 35.9 Å². The molecule has 24 heavy (non-hydrogen) atoms. The SMILES string of the molecule is COCC(C)NC(N)=NCC(c1ccccc1)N1CCC(C)CC1. The molecule has 1 saturated heterocycles. The Bertz CT molecular complexity index is 497. The molecule has 1 heterocycles. The summed E-state index contributed by atoms with van der Waals surface area (Å²) in [4.78, 5) is 7.15. The van der Waals surface area contributed by atoms with Crippen LogP contribution < -0.4 is 11.1 Å². The first-order valence-corrected chi connectivity index (χ1v) is 8.94. The third kappa shape index (κ3) is 5.80. The minimum atomic E-state index is 0.157. The lowest BCUT2D eigenvalue weighted by molar-refractivity contribution is 0.141. The van der Waals surface area contributed by atoms with Gasteiger partial charge in [0.2, 0.25) is 0 Å². The number of guanidine groups is 1. The normalized spacial score (nSPS) is 19.9. The van der Waals surface area contributed by atoms with Gasteiger partial charge in [0.15, 0.2) is 5.96 Å². The van der Waals surface area contributed by atoms with Crippen LogP contribution in [0, 0.1) is 5.92 Å². The topological polar surface area (TPSA) is 62.9 Å². The second-order valence-electron chi connectivity index (χ2n) is 6.87. The van der Waals surface area contributed by atoms with Gasteiger partial charge in [-0.15, -0.1) is 0 Å². The Morgan fingerprint density at radius 2 is 2.00 bits per heavy atom. The van der Waals surface area contributed by atoms with Gasteiger partial charge in [-0.25, -0.2) is 0 Å². The van der Waals surface area contributed by atoms with Crippen molar-refractivity contribution in [2.45, 2.75) is 38.8 Å². The van der Waals surface area contributed by atoms with E-state index in [2.05, 4.69) is 52.5 Å². The van der Waals surface area contributed by atoms with Gasteiger partial charge in [0.1, 0.15) is 0 Å². The highest BCUT2D eigenvalue weighted by molar-refractivity contribution is 5.78. The van der Waals surface area contributed by atoms with Gasteiger partial charge in [0, 0.05) is 13.2 Å². The summed E-state index contributed by atoms with van der Waals surface area (Å²) >= 11 is 0. The van der Waals surface area contributed by atoms with E-state index in [1.54, 1.807) is 7.11 Å². The summed E-state index contributed by atoms with van der Waals surface area (Å²) < 4.78 is 5.12. The van der Waals surface area contributed by atoms with Gasteiger partial charge in [0.05, 0.1) is 19.2 Å². The first kappa shape index (κ1) is 18.7. The highest BCUT2D eigenvalue weighted by atomic mass is 16.5. The molecular formula is C19H32N4O. The van der Waals surface area contributed by atoms with Crippen molar-refractivity contribution in [1.82, 2.24) is 10.2 Å². The fraction of sp³-hybridized carbons (Fsp3) is 0.632. The zero-order chi connectivity index (χ0) is 17.4. The van der Waals surface area contributed by atoms with Crippen molar-refractivity contribution >= 4 is 5.96 Å². The van der Waals surface area contributed by atoms with Crippen molar-refractivity contribution in [1.29, 1.82) is 0 Å². The summed E-state index contributed by atoms with van der Waals surface area (Å²) in [6.07, 6.45) is 2.51. The number of nitrogens with two attached hydrogens (primary N) is 1. The van der Waals surface area contributed by atoms with Crippen LogP contribution in [0.25, 0.3) is 0 Å². The monoisotopic (exact) mass is 332 g/mol. The molecule has 2 unspecified atom stereocenters. The number of aliphatic imine (C=N–C) groups is 1. The smallest absolute Gasteiger partial charge is 0.188 e. The Morgan fingerprint density at radius 1 is 1.33 bits per heavy atom. The molecule has 0 aliphatic carbocycles. The Kier molecular flexibility index (Phi) is 7.53. The molecule has 2 rings (SSSR count). The summed E-state index contributed by atoms with van der Waals surface area (Å²) in [6, 6.07) is 11.1. The molecule has 0 spiro atoms. The van der Waals surface area contributed by atoms with Crippen LogP contribution in [0.3, 0.4) is 0 Å². The Hall–Kier alpha value is -1.59. The molecule has 3 N–H and O–H groups in total. The molecule has 1 fully saturated rings. The Balaban J connectivity index is 2.03. The van der Waals surface area contributed by atoms with Crippen LogP contribution in [-0.4, -0.2) is 50.3 Å². The standard InChI is InChI=1S/C19H32N4O/c1-15-9-11-23(12-10-15)18(17-7-5-4-6-8-17)13-21-19(20)22-16(2)14-24-3/h4-8,15-16,18H,9-14H2,1-3H3,(H3,20,21,22). The molecule has 0 amide bonds. The summed E-state index contributed by atoms with van der Waals surface area (Å²) in [5, 5.41) is 3.18. The van der Waals surface area contributed by atoms with Gasteiger partial charge in [0.25, 0.3) is 0 Å². The van der Waals surface area contributed by atoms with Crippen LogP contribution in [0.4, 0.5) is 0 Å². The van der Waals surface area contributed by atoms with Gasteiger partial charge in [-0.2, -0.15) is 0 Å². The van der Waals surface area contributed by atoms with Crippen molar-refractivity contribution < 1.29 is 4.74 Å². The molecule has 1 aromatic rings. The molecule has 0 aromatic heterocycles. The van der Waals surface area contributed by atoms with Gasteiger partial charge in [-0.05, 0) is 44.3 Å². The molecule has 1 aromatic carbocycles. The second kappa shape index (κ2) is 9.64. The number of hydrogen-bond acceptors (Lipinski definition) is 3. The molecule has 2 atom stereocenters. The highest BCUT2D eigenvalue weighted by Gasteiger charge is 2.24. The minimum Gasteiger partial charge on any atom is -0.383 e. The average Bonchev–Trinajstić information content (AvgIpc) is 2.57. The molecule has 1 aliphatic heterocycles. The van der Waals surface area contributed by atoms with Crippen LogP contribution in [0.1, 0.15) is 38.3 Å². The van der Waals surface area contributed by atoms with Crippen molar-refractivity contribution in [2.75, 3.05) is 33.4 Å². The van der Waals surface area contributed by atoms with E-state index in [1.165, 1.54) is 18.4 Å². The van der Waals surface area contributed by atoms with Crippen LogP contribution in [0.2, 0.25) is 0 Å². The van der Waals surface area contributed by atoms with Crippen molar-refractivity contribution in [3.63, 3.8) is 0 Å². The average molecular weight is 332 g/mol. The first-order valence-electron chi connectivity index (χ1n) is 8.94. The molecule has 0 saturated carbocycles. The Labute approximate surface area is 146 Å². The highest BCUT2D eigenvalue weighted by Crippen LogP contribution is 2.27. The van der Waals surface area contributed by atoms with Crippen LogP contribution in [0.5, 0.6) is 0 Å². The number of benzene rings is 1. The van der Waals surface area contributed by atoms with Crippen molar-refractivity contribution in [3.8, 4) is 0 Å². The molecule has 134 valence electrons. The van der Waals surface area contributed by atoms with E-state index < -0.39 is 0 Å². The van der Waals surface area contributed by atoms with E-state index in [0.717, 1.165) is 19.0 Å². The van der Waals surface area contributed by atoms with E-state index in [0.29, 0.717) is 19.1 Å². The van der Waals surface area contributed by atoms with E-state index >= 15 is 0 Å².